The molecule has 0 aromatic rings. The summed E-state index contributed by atoms with van der Waals surface area (Å²) in [5.41, 5.74) is 0.102. The van der Waals surface area contributed by atoms with Crippen molar-refractivity contribution >= 4 is 12.0 Å². The van der Waals surface area contributed by atoms with Crippen LogP contribution in [0.1, 0.15) is 6.92 Å². The van der Waals surface area contributed by atoms with Crippen LogP contribution in [0.2, 0.25) is 0 Å². The molecule has 0 spiro atoms. The fraction of sp³-hybridized carbons (Fsp3) is 0.429. The summed E-state index contributed by atoms with van der Waals surface area (Å²) in [5.74, 6) is -1.03. The summed E-state index contributed by atoms with van der Waals surface area (Å²) in [6.07, 6.45) is 2.45. The monoisotopic (exact) mass is 171 g/mol. The number of nitrogens with zero attached hydrogens (tertiary/aromatic N) is 1. The molecule has 1 N–H and O–H groups in total. The van der Waals surface area contributed by atoms with Crippen molar-refractivity contribution in [3.63, 3.8) is 0 Å². The zero-order valence-corrected chi connectivity index (χ0v) is 6.61. The molecule has 0 unspecified atom stereocenters. The molecule has 5 nitrogen and oxygen atoms in total. The number of rotatable bonds is 5. The van der Waals surface area contributed by atoms with Gasteiger partial charge in [0.2, 0.25) is 6.08 Å². The standard InChI is InChI=1S/C7H9NO4/c1-6(7(10)11)4-12-3-2-8-5-9/h4H,2-3H2,1H3,(H,10,11). The Kier molecular flexibility index (Phi) is 5.30. The molecular formula is C7H9NO4. The molecule has 0 radical (unpaired) electrons. The van der Waals surface area contributed by atoms with E-state index in [1.165, 1.54) is 13.0 Å². The van der Waals surface area contributed by atoms with Gasteiger partial charge in [-0.15, -0.1) is 0 Å². The van der Waals surface area contributed by atoms with Gasteiger partial charge in [0.15, 0.2) is 0 Å². The first-order valence-electron chi connectivity index (χ1n) is 3.23. The molecule has 0 aliphatic rings. The smallest absolute Gasteiger partial charge is 0.334 e. The van der Waals surface area contributed by atoms with E-state index in [0.717, 1.165) is 6.26 Å². The van der Waals surface area contributed by atoms with E-state index < -0.39 is 5.97 Å². The largest absolute Gasteiger partial charge is 0.499 e. The van der Waals surface area contributed by atoms with Gasteiger partial charge in [0, 0.05) is 0 Å². The molecular weight excluding hydrogens is 162 g/mol. The van der Waals surface area contributed by atoms with Crippen LogP contribution in [0, 0.1) is 0 Å². The molecule has 0 bridgehead atoms. The number of hydrogen-bond donors (Lipinski definition) is 1. The summed E-state index contributed by atoms with van der Waals surface area (Å²) in [4.78, 5) is 22.9. The highest BCUT2D eigenvalue weighted by molar-refractivity contribution is 5.85. The lowest BCUT2D eigenvalue weighted by Crippen LogP contribution is -1.99. The Bertz CT molecular complexity index is 228. The van der Waals surface area contributed by atoms with Crippen LogP contribution in [0.4, 0.5) is 0 Å². The van der Waals surface area contributed by atoms with E-state index in [0.29, 0.717) is 0 Å². The van der Waals surface area contributed by atoms with Gasteiger partial charge in [-0.25, -0.2) is 14.6 Å². The minimum absolute atomic E-state index is 0.102. The number of carboxylic acids is 1. The second-order valence-corrected chi connectivity index (χ2v) is 1.95. The fourth-order valence-electron chi connectivity index (χ4n) is 0.378. The number of aliphatic imine (C=N–C) groups is 1. The van der Waals surface area contributed by atoms with Gasteiger partial charge in [0.05, 0.1) is 18.4 Å². The molecule has 5 heteroatoms. The van der Waals surface area contributed by atoms with Crippen LogP contribution in [-0.4, -0.2) is 30.3 Å². The molecule has 0 amide bonds. The molecule has 0 saturated carbocycles. The first kappa shape index (κ1) is 10.4. The van der Waals surface area contributed by atoms with E-state index in [9.17, 15) is 9.59 Å². The number of ether oxygens (including phenoxy) is 1. The van der Waals surface area contributed by atoms with Crippen molar-refractivity contribution in [2.24, 2.45) is 4.99 Å². The fourth-order valence-corrected chi connectivity index (χ4v) is 0.378. The van der Waals surface area contributed by atoms with Crippen LogP contribution in [0.3, 0.4) is 0 Å². The molecule has 0 aromatic carbocycles. The summed E-state index contributed by atoms with van der Waals surface area (Å²) in [5, 5.41) is 8.35. The van der Waals surface area contributed by atoms with Crippen LogP contribution in [0.5, 0.6) is 0 Å². The first-order chi connectivity index (χ1) is 5.68. The van der Waals surface area contributed by atoms with Crippen molar-refractivity contribution in [1.29, 1.82) is 0 Å². The molecule has 0 heterocycles. The van der Waals surface area contributed by atoms with Gasteiger partial charge < -0.3 is 9.84 Å². The van der Waals surface area contributed by atoms with Crippen molar-refractivity contribution in [3.05, 3.63) is 11.8 Å². The van der Waals surface area contributed by atoms with Crippen molar-refractivity contribution in [2.45, 2.75) is 6.92 Å². The average Bonchev–Trinajstić information content (AvgIpc) is 2.03. The molecule has 0 saturated heterocycles. The predicted octanol–water partition coefficient (Wildman–Crippen LogP) is 0.327. The SMILES string of the molecule is CC(=COCCN=C=O)C(=O)O. The highest BCUT2D eigenvalue weighted by atomic mass is 16.5. The third-order valence-electron chi connectivity index (χ3n) is 0.983. The van der Waals surface area contributed by atoms with Crippen molar-refractivity contribution in [1.82, 2.24) is 0 Å². The Morgan fingerprint density at radius 2 is 2.42 bits per heavy atom. The van der Waals surface area contributed by atoms with E-state index in [4.69, 9.17) is 9.84 Å². The first-order valence-corrected chi connectivity index (χ1v) is 3.23. The summed E-state index contributed by atoms with van der Waals surface area (Å²) in [6.45, 7) is 1.78. The maximum atomic E-state index is 10.2. The van der Waals surface area contributed by atoms with E-state index in [-0.39, 0.29) is 18.7 Å². The van der Waals surface area contributed by atoms with Crippen molar-refractivity contribution in [2.75, 3.05) is 13.2 Å². The van der Waals surface area contributed by atoms with E-state index in [1.807, 2.05) is 0 Å². The number of carbonyl (C=O) groups excluding carboxylic acids is 1. The molecule has 0 aliphatic heterocycles. The molecule has 0 rings (SSSR count). The highest BCUT2D eigenvalue weighted by Gasteiger charge is 1.97. The summed E-state index contributed by atoms with van der Waals surface area (Å²) < 4.78 is 4.74. The van der Waals surface area contributed by atoms with Gasteiger partial charge in [0.25, 0.3) is 0 Å². The second kappa shape index (κ2) is 6.12. The lowest BCUT2D eigenvalue weighted by Gasteiger charge is -1.96. The van der Waals surface area contributed by atoms with Crippen LogP contribution in [0.25, 0.3) is 0 Å². The minimum Gasteiger partial charge on any atom is -0.499 e. The number of aliphatic carboxylic acids is 1. The highest BCUT2D eigenvalue weighted by Crippen LogP contribution is 1.91. The Hall–Kier alpha value is -1.61. The third-order valence-corrected chi connectivity index (χ3v) is 0.983. The van der Waals surface area contributed by atoms with E-state index in [1.54, 1.807) is 0 Å². The maximum absolute atomic E-state index is 10.2. The van der Waals surface area contributed by atoms with Crippen molar-refractivity contribution < 1.29 is 19.4 Å². The van der Waals surface area contributed by atoms with Crippen LogP contribution in [-0.2, 0) is 14.3 Å². The topological polar surface area (TPSA) is 76.0 Å². The molecule has 66 valence electrons. The average molecular weight is 171 g/mol. The van der Waals surface area contributed by atoms with E-state index in [2.05, 4.69) is 4.99 Å². The van der Waals surface area contributed by atoms with E-state index >= 15 is 0 Å². The predicted molar refractivity (Wildman–Crippen MR) is 40.3 cm³/mol. The number of carboxylic acid groups (broad SMARTS) is 1. The van der Waals surface area contributed by atoms with Crippen LogP contribution < -0.4 is 0 Å². The lowest BCUT2D eigenvalue weighted by molar-refractivity contribution is -0.132. The van der Waals surface area contributed by atoms with Crippen LogP contribution >= 0.6 is 0 Å². The zero-order chi connectivity index (χ0) is 9.40. The Morgan fingerprint density at radius 3 is 2.92 bits per heavy atom. The summed E-state index contributed by atoms with van der Waals surface area (Å²) >= 11 is 0. The summed E-state index contributed by atoms with van der Waals surface area (Å²) in [7, 11) is 0. The number of isocyanates is 1. The molecule has 0 aromatic heterocycles. The van der Waals surface area contributed by atoms with Crippen LogP contribution in [0.15, 0.2) is 16.8 Å². The second-order valence-electron chi connectivity index (χ2n) is 1.95. The molecule has 0 fully saturated rings. The maximum Gasteiger partial charge on any atom is 0.334 e. The third kappa shape index (κ3) is 5.20. The van der Waals surface area contributed by atoms with Gasteiger partial charge >= 0.3 is 5.97 Å². The molecule has 0 aliphatic carbocycles. The Balaban J connectivity index is 3.60. The number of carbonyl (C=O) groups is 1. The van der Waals surface area contributed by atoms with Gasteiger partial charge in [-0.1, -0.05) is 0 Å². The lowest BCUT2D eigenvalue weighted by atomic mass is 10.3. The minimum atomic E-state index is -1.03. The van der Waals surface area contributed by atoms with Gasteiger partial charge in [-0.3, -0.25) is 0 Å². The molecule has 0 atom stereocenters. The quantitative estimate of drug-likeness (QED) is 0.212. The number of hydrogen-bond acceptors (Lipinski definition) is 4. The normalized spacial score (nSPS) is 10.2. The van der Waals surface area contributed by atoms with Crippen molar-refractivity contribution in [3.8, 4) is 0 Å². The van der Waals surface area contributed by atoms with Gasteiger partial charge in [0.1, 0.15) is 6.61 Å². The van der Waals surface area contributed by atoms with Gasteiger partial charge in [-0.2, -0.15) is 0 Å². The molecule has 12 heavy (non-hydrogen) atoms. The zero-order valence-electron chi connectivity index (χ0n) is 6.61. The Labute approximate surface area is 69.4 Å². The summed E-state index contributed by atoms with van der Waals surface area (Å²) in [6, 6.07) is 0. The van der Waals surface area contributed by atoms with Gasteiger partial charge in [-0.05, 0) is 6.92 Å². The Morgan fingerprint density at radius 1 is 1.75 bits per heavy atom.